The molecule has 130 valence electrons. The molecule has 0 saturated carbocycles. The van der Waals surface area contributed by atoms with E-state index in [1.54, 1.807) is 46.2 Å². The summed E-state index contributed by atoms with van der Waals surface area (Å²) in [5, 5.41) is 0. The van der Waals surface area contributed by atoms with Crippen molar-refractivity contribution in [3.05, 3.63) is 76.2 Å². The predicted octanol–water partition coefficient (Wildman–Crippen LogP) is 4.73. The molecule has 6 heteroatoms. The summed E-state index contributed by atoms with van der Waals surface area (Å²) in [6.07, 6.45) is 1.83. The highest BCUT2D eigenvalue weighted by molar-refractivity contribution is 7.16. The minimum atomic E-state index is -0.882. The van der Waals surface area contributed by atoms with E-state index in [-0.39, 0.29) is 5.56 Å². The monoisotopic (exact) mass is 366 g/mol. The summed E-state index contributed by atoms with van der Waals surface area (Å²) < 4.78 is 19.8. The molecule has 0 radical (unpaired) electrons. The second-order valence-corrected chi connectivity index (χ2v) is 6.75. The van der Waals surface area contributed by atoms with Crippen LogP contribution < -0.4 is 10.3 Å². The van der Waals surface area contributed by atoms with Gasteiger partial charge in [-0.1, -0.05) is 6.07 Å². The van der Waals surface area contributed by atoms with Crippen LogP contribution in [0.1, 0.15) is 5.56 Å². The van der Waals surface area contributed by atoms with Crippen LogP contribution in [-0.4, -0.2) is 16.4 Å². The Kier molecular flexibility index (Phi) is 4.26. The van der Waals surface area contributed by atoms with Gasteiger partial charge in [-0.05, 0) is 54.4 Å². The Bertz CT molecular complexity index is 1130. The van der Waals surface area contributed by atoms with Crippen molar-refractivity contribution in [2.75, 3.05) is 6.86 Å². The van der Waals surface area contributed by atoms with Gasteiger partial charge in [-0.3, -0.25) is 9.36 Å². The summed E-state index contributed by atoms with van der Waals surface area (Å²) in [5.41, 5.74) is 6.20. The maximum Gasteiger partial charge on any atom is 0.255 e. The van der Waals surface area contributed by atoms with Crippen molar-refractivity contribution >= 4 is 21.6 Å². The van der Waals surface area contributed by atoms with Crippen LogP contribution in [0.15, 0.2) is 65.0 Å². The molecule has 0 amide bonds. The summed E-state index contributed by atoms with van der Waals surface area (Å²) in [5.74, 6) is 0.422. The molecule has 4 rings (SSSR count). The molecule has 0 N–H and O–H groups in total. The first kappa shape index (κ1) is 16.5. The largest absolute Gasteiger partial charge is 0.463 e. The standard InChI is InChI=1S/C20H15FN2O2S/c1-13-8-20(24)23(15-3-5-16(6-4-15)25-11-21)10-17(13)14-2-7-19-18(9-14)22-12-26-19/h2-10,12H,11H2,1H3. The number of hydrogen-bond acceptors (Lipinski definition) is 4. The molecule has 0 aliphatic carbocycles. The molecule has 0 saturated heterocycles. The molecule has 0 aliphatic rings. The molecule has 4 aromatic rings. The van der Waals surface area contributed by atoms with Crippen molar-refractivity contribution < 1.29 is 9.13 Å². The first-order chi connectivity index (χ1) is 12.7. The van der Waals surface area contributed by atoms with Gasteiger partial charge >= 0.3 is 0 Å². The van der Waals surface area contributed by atoms with E-state index in [0.717, 1.165) is 26.9 Å². The average Bonchev–Trinajstić information content (AvgIpc) is 3.11. The van der Waals surface area contributed by atoms with Crippen LogP contribution in [0.5, 0.6) is 5.75 Å². The van der Waals surface area contributed by atoms with Gasteiger partial charge in [0, 0.05) is 23.5 Å². The summed E-state index contributed by atoms with van der Waals surface area (Å²) in [4.78, 5) is 16.8. The van der Waals surface area contributed by atoms with E-state index in [1.165, 1.54) is 0 Å². The quantitative estimate of drug-likeness (QED) is 0.524. The molecule has 0 spiro atoms. The summed E-state index contributed by atoms with van der Waals surface area (Å²) in [7, 11) is 0. The fraction of sp³-hybridized carbons (Fsp3) is 0.100. The topological polar surface area (TPSA) is 44.1 Å². The van der Waals surface area contributed by atoms with E-state index >= 15 is 0 Å². The van der Waals surface area contributed by atoms with Crippen molar-refractivity contribution in [1.82, 2.24) is 9.55 Å². The molecule has 0 unspecified atom stereocenters. The molecular weight excluding hydrogens is 351 g/mol. The van der Waals surface area contributed by atoms with E-state index in [4.69, 9.17) is 4.74 Å². The Balaban J connectivity index is 1.81. The number of benzene rings is 2. The number of ether oxygens (including phenoxy) is 1. The third kappa shape index (κ3) is 2.99. The Morgan fingerprint density at radius 1 is 1.15 bits per heavy atom. The summed E-state index contributed by atoms with van der Waals surface area (Å²) in [6.45, 7) is 1.04. The minimum Gasteiger partial charge on any atom is -0.463 e. The first-order valence-corrected chi connectivity index (χ1v) is 8.90. The zero-order valence-electron chi connectivity index (χ0n) is 14.0. The molecule has 2 aromatic carbocycles. The predicted molar refractivity (Wildman–Crippen MR) is 102 cm³/mol. The highest BCUT2D eigenvalue weighted by atomic mass is 32.1. The van der Waals surface area contributed by atoms with E-state index in [2.05, 4.69) is 4.98 Å². The van der Waals surface area contributed by atoms with Gasteiger partial charge in [0.25, 0.3) is 5.56 Å². The Hall–Kier alpha value is -2.99. The lowest BCUT2D eigenvalue weighted by molar-refractivity contribution is 0.192. The van der Waals surface area contributed by atoms with Crippen molar-refractivity contribution in [2.45, 2.75) is 6.92 Å². The van der Waals surface area contributed by atoms with Crippen LogP contribution in [0.25, 0.3) is 27.0 Å². The summed E-state index contributed by atoms with van der Waals surface area (Å²) >= 11 is 1.60. The van der Waals surface area contributed by atoms with Gasteiger partial charge in [-0.15, -0.1) is 11.3 Å². The van der Waals surface area contributed by atoms with Gasteiger partial charge in [0.05, 0.1) is 15.7 Å². The molecule has 26 heavy (non-hydrogen) atoms. The number of nitrogens with zero attached hydrogens (tertiary/aromatic N) is 2. The highest BCUT2D eigenvalue weighted by Gasteiger charge is 2.09. The second kappa shape index (κ2) is 6.72. The van der Waals surface area contributed by atoms with Gasteiger partial charge in [0.1, 0.15) is 5.75 Å². The Labute approximate surface area is 153 Å². The number of thiazole rings is 1. The van der Waals surface area contributed by atoms with Crippen molar-refractivity contribution in [3.8, 4) is 22.6 Å². The van der Waals surface area contributed by atoms with Gasteiger partial charge < -0.3 is 4.74 Å². The van der Waals surface area contributed by atoms with E-state index in [1.807, 2.05) is 36.8 Å². The van der Waals surface area contributed by atoms with Crippen molar-refractivity contribution in [2.24, 2.45) is 0 Å². The maximum atomic E-state index is 12.5. The highest BCUT2D eigenvalue weighted by Crippen LogP contribution is 2.28. The molecule has 0 aliphatic heterocycles. The number of alkyl halides is 1. The number of pyridine rings is 1. The molecule has 0 bridgehead atoms. The number of hydrogen-bond donors (Lipinski definition) is 0. The van der Waals surface area contributed by atoms with Crippen LogP contribution in [-0.2, 0) is 0 Å². The van der Waals surface area contributed by atoms with E-state index in [9.17, 15) is 9.18 Å². The van der Waals surface area contributed by atoms with Crippen LogP contribution in [0, 0.1) is 6.92 Å². The molecule has 0 fully saturated rings. The lowest BCUT2D eigenvalue weighted by atomic mass is 10.0. The van der Waals surface area contributed by atoms with Gasteiger partial charge in [-0.2, -0.15) is 0 Å². The number of rotatable bonds is 4. The van der Waals surface area contributed by atoms with E-state index < -0.39 is 6.86 Å². The number of aryl methyl sites for hydroxylation is 1. The fourth-order valence-electron chi connectivity index (χ4n) is 2.92. The number of halogens is 1. The van der Waals surface area contributed by atoms with E-state index in [0.29, 0.717) is 11.4 Å². The van der Waals surface area contributed by atoms with Crippen molar-refractivity contribution in [1.29, 1.82) is 0 Å². The molecule has 4 nitrogen and oxygen atoms in total. The molecule has 2 aromatic heterocycles. The van der Waals surface area contributed by atoms with Gasteiger partial charge in [0.15, 0.2) is 0 Å². The minimum absolute atomic E-state index is 0.125. The fourth-order valence-corrected chi connectivity index (χ4v) is 3.58. The lowest BCUT2D eigenvalue weighted by Gasteiger charge is -2.12. The smallest absolute Gasteiger partial charge is 0.255 e. The molecule has 0 atom stereocenters. The van der Waals surface area contributed by atoms with Gasteiger partial charge in [-0.25, -0.2) is 9.37 Å². The molecule has 2 heterocycles. The first-order valence-electron chi connectivity index (χ1n) is 8.02. The second-order valence-electron chi connectivity index (χ2n) is 5.86. The third-order valence-corrected chi connectivity index (χ3v) is 5.05. The van der Waals surface area contributed by atoms with Gasteiger partial charge in [0.2, 0.25) is 6.86 Å². The van der Waals surface area contributed by atoms with Crippen LogP contribution in [0.2, 0.25) is 0 Å². The van der Waals surface area contributed by atoms with Crippen LogP contribution >= 0.6 is 11.3 Å². The van der Waals surface area contributed by atoms with Crippen LogP contribution in [0.3, 0.4) is 0 Å². The maximum absolute atomic E-state index is 12.5. The lowest BCUT2D eigenvalue weighted by Crippen LogP contribution is -2.17. The normalized spacial score (nSPS) is 11.0. The Morgan fingerprint density at radius 3 is 2.73 bits per heavy atom. The van der Waals surface area contributed by atoms with Crippen LogP contribution in [0.4, 0.5) is 4.39 Å². The SMILES string of the molecule is Cc1cc(=O)n(-c2ccc(OCF)cc2)cc1-c1ccc2scnc2c1. The summed E-state index contributed by atoms with van der Waals surface area (Å²) in [6, 6.07) is 14.5. The average molecular weight is 366 g/mol. The number of aromatic nitrogens is 2. The van der Waals surface area contributed by atoms with Crippen molar-refractivity contribution in [3.63, 3.8) is 0 Å². The Morgan fingerprint density at radius 2 is 1.96 bits per heavy atom. The third-order valence-electron chi connectivity index (χ3n) is 4.24. The number of fused-ring (bicyclic) bond motifs is 1. The zero-order valence-corrected chi connectivity index (χ0v) is 14.8. The molecular formula is C20H15FN2O2S. The zero-order chi connectivity index (χ0) is 18.1.